The lowest BCUT2D eigenvalue weighted by Crippen LogP contribution is -2.02. The largest absolute Gasteiger partial charge is 0.507 e. The van der Waals surface area contributed by atoms with E-state index >= 15 is 0 Å². The summed E-state index contributed by atoms with van der Waals surface area (Å²) in [6.07, 6.45) is 1.34. The van der Waals surface area contributed by atoms with E-state index in [0.29, 0.717) is 24.8 Å². The molecule has 3 nitrogen and oxygen atoms in total. The molecule has 0 radical (unpaired) electrons. The average Bonchev–Trinajstić information content (AvgIpc) is 2.05. The molecule has 3 heteroatoms. The molecular weight excluding hydrogens is 154 g/mol. The Morgan fingerprint density at radius 2 is 2.25 bits per heavy atom. The summed E-state index contributed by atoms with van der Waals surface area (Å²) in [6.45, 7) is 0.542. The number of carbonyl (C=O) groups is 1. The van der Waals surface area contributed by atoms with Crippen LogP contribution < -0.4 is 5.73 Å². The van der Waals surface area contributed by atoms with Crippen molar-refractivity contribution in [3.63, 3.8) is 0 Å². The Kier molecular flexibility index (Phi) is 2.82. The molecule has 0 atom stereocenters. The van der Waals surface area contributed by atoms with Gasteiger partial charge >= 0.3 is 0 Å². The maximum absolute atomic E-state index is 10.3. The minimum atomic E-state index is 0.0240. The molecule has 12 heavy (non-hydrogen) atoms. The van der Waals surface area contributed by atoms with E-state index in [0.717, 1.165) is 5.56 Å². The zero-order chi connectivity index (χ0) is 8.97. The summed E-state index contributed by atoms with van der Waals surface area (Å²) in [6, 6.07) is 4.94. The van der Waals surface area contributed by atoms with Crippen LogP contribution in [0.2, 0.25) is 0 Å². The monoisotopic (exact) mass is 165 g/mol. The van der Waals surface area contributed by atoms with Crippen molar-refractivity contribution in [1.29, 1.82) is 0 Å². The first-order chi connectivity index (χ1) is 5.77. The highest BCUT2D eigenvalue weighted by Gasteiger charge is 1.99. The summed E-state index contributed by atoms with van der Waals surface area (Å²) in [5.74, 6) is 0.0240. The summed E-state index contributed by atoms with van der Waals surface area (Å²) in [5.41, 5.74) is 6.59. The van der Waals surface area contributed by atoms with Crippen LogP contribution in [0.3, 0.4) is 0 Å². The van der Waals surface area contributed by atoms with Crippen LogP contribution in [0.25, 0.3) is 0 Å². The topological polar surface area (TPSA) is 63.3 Å². The predicted molar refractivity (Wildman–Crippen MR) is 46.3 cm³/mol. The van der Waals surface area contributed by atoms with Gasteiger partial charge in [-0.05, 0) is 30.7 Å². The van der Waals surface area contributed by atoms with Crippen molar-refractivity contribution in [2.24, 2.45) is 5.73 Å². The summed E-state index contributed by atoms with van der Waals surface area (Å²) >= 11 is 0. The molecular formula is C9H11NO2. The molecule has 0 aliphatic rings. The number of benzene rings is 1. The number of nitrogens with two attached hydrogens (primary N) is 1. The Labute approximate surface area is 70.8 Å². The number of phenolic OH excluding ortho intramolecular Hbond substituents is 1. The van der Waals surface area contributed by atoms with Crippen molar-refractivity contribution in [3.8, 4) is 5.75 Å². The second kappa shape index (κ2) is 3.88. The lowest BCUT2D eigenvalue weighted by Gasteiger charge is -2.00. The van der Waals surface area contributed by atoms with Crippen LogP contribution in [-0.4, -0.2) is 17.9 Å². The Bertz CT molecular complexity index is 284. The first-order valence-corrected chi connectivity index (χ1v) is 3.75. The van der Waals surface area contributed by atoms with Gasteiger partial charge in [0.1, 0.15) is 5.75 Å². The maximum atomic E-state index is 10.3. The molecule has 64 valence electrons. The summed E-state index contributed by atoms with van der Waals surface area (Å²) in [5, 5.41) is 9.25. The molecule has 1 aromatic carbocycles. The zero-order valence-electron chi connectivity index (χ0n) is 6.66. The van der Waals surface area contributed by atoms with Gasteiger partial charge in [-0.3, -0.25) is 4.79 Å². The number of aromatic hydroxyl groups is 1. The average molecular weight is 165 g/mol. The Morgan fingerprint density at radius 1 is 1.50 bits per heavy atom. The number of hydrogen-bond donors (Lipinski definition) is 2. The van der Waals surface area contributed by atoms with Crippen LogP contribution in [0, 0.1) is 0 Å². The van der Waals surface area contributed by atoms with Gasteiger partial charge in [0.2, 0.25) is 0 Å². The van der Waals surface area contributed by atoms with Gasteiger partial charge in [0.05, 0.1) is 5.56 Å². The molecule has 0 saturated heterocycles. The second-order valence-corrected chi connectivity index (χ2v) is 2.55. The van der Waals surface area contributed by atoms with Crippen LogP contribution in [0.15, 0.2) is 18.2 Å². The lowest BCUT2D eigenvalue weighted by molar-refractivity contribution is 0.112. The van der Waals surface area contributed by atoms with Gasteiger partial charge in [-0.15, -0.1) is 0 Å². The first-order valence-electron chi connectivity index (χ1n) is 3.75. The number of hydrogen-bond acceptors (Lipinski definition) is 3. The van der Waals surface area contributed by atoms with Gasteiger partial charge in [0, 0.05) is 0 Å². The van der Waals surface area contributed by atoms with Crippen molar-refractivity contribution in [3.05, 3.63) is 29.3 Å². The normalized spacial score (nSPS) is 9.75. The van der Waals surface area contributed by atoms with Crippen LogP contribution in [0.5, 0.6) is 5.75 Å². The van der Waals surface area contributed by atoms with Gasteiger partial charge < -0.3 is 10.8 Å². The van der Waals surface area contributed by atoms with Crippen LogP contribution in [-0.2, 0) is 6.42 Å². The molecule has 0 amide bonds. The second-order valence-electron chi connectivity index (χ2n) is 2.55. The van der Waals surface area contributed by atoms with Crippen molar-refractivity contribution in [2.75, 3.05) is 6.54 Å². The van der Waals surface area contributed by atoms with Crippen molar-refractivity contribution < 1.29 is 9.90 Å². The maximum Gasteiger partial charge on any atom is 0.153 e. The Balaban J connectivity index is 2.93. The van der Waals surface area contributed by atoms with Crippen molar-refractivity contribution in [1.82, 2.24) is 0 Å². The minimum Gasteiger partial charge on any atom is -0.507 e. The van der Waals surface area contributed by atoms with Crippen LogP contribution >= 0.6 is 0 Å². The van der Waals surface area contributed by atoms with Crippen LogP contribution in [0.4, 0.5) is 0 Å². The van der Waals surface area contributed by atoms with Gasteiger partial charge in [0.15, 0.2) is 6.29 Å². The summed E-state index contributed by atoms with van der Waals surface area (Å²) in [4.78, 5) is 10.3. The highest BCUT2D eigenvalue weighted by molar-refractivity contribution is 5.79. The fourth-order valence-corrected chi connectivity index (χ4v) is 1.01. The molecule has 0 aliphatic heterocycles. The number of aldehydes is 1. The third-order valence-electron chi connectivity index (χ3n) is 1.65. The predicted octanol–water partition coefficient (Wildman–Crippen LogP) is 0.706. The summed E-state index contributed by atoms with van der Waals surface area (Å²) in [7, 11) is 0. The zero-order valence-corrected chi connectivity index (χ0v) is 6.66. The van der Waals surface area contributed by atoms with Gasteiger partial charge in [0.25, 0.3) is 0 Å². The van der Waals surface area contributed by atoms with Crippen molar-refractivity contribution >= 4 is 6.29 Å². The molecule has 0 aliphatic carbocycles. The highest BCUT2D eigenvalue weighted by Crippen LogP contribution is 2.16. The fraction of sp³-hybridized carbons (Fsp3) is 0.222. The molecule has 0 fully saturated rings. The molecule has 0 saturated carbocycles. The number of phenols is 1. The van der Waals surface area contributed by atoms with Crippen LogP contribution in [0.1, 0.15) is 15.9 Å². The molecule has 0 bridgehead atoms. The van der Waals surface area contributed by atoms with E-state index < -0.39 is 0 Å². The molecule has 3 N–H and O–H groups in total. The molecule has 0 unspecified atom stereocenters. The lowest BCUT2D eigenvalue weighted by atomic mass is 10.1. The molecule has 1 rings (SSSR count). The standard InChI is InChI=1S/C9H11NO2/c10-4-3-7-1-2-8(6-11)9(12)5-7/h1-2,5-6,12H,3-4,10H2. The first kappa shape index (κ1) is 8.74. The van der Waals surface area contributed by atoms with E-state index in [1.165, 1.54) is 0 Å². The Morgan fingerprint density at radius 3 is 2.75 bits per heavy atom. The van der Waals surface area contributed by atoms with Gasteiger partial charge in [-0.25, -0.2) is 0 Å². The summed E-state index contributed by atoms with van der Waals surface area (Å²) < 4.78 is 0. The SMILES string of the molecule is NCCc1ccc(C=O)c(O)c1. The molecule has 0 aromatic heterocycles. The third kappa shape index (κ3) is 1.83. The van der Waals surface area contributed by atoms with E-state index in [4.69, 9.17) is 5.73 Å². The molecule has 0 spiro atoms. The van der Waals surface area contributed by atoms with Crippen molar-refractivity contribution in [2.45, 2.75) is 6.42 Å². The van der Waals surface area contributed by atoms with E-state index in [2.05, 4.69) is 0 Å². The molecule has 1 aromatic rings. The van der Waals surface area contributed by atoms with Gasteiger partial charge in [-0.1, -0.05) is 6.07 Å². The quantitative estimate of drug-likeness (QED) is 0.648. The Hall–Kier alpha value is -1.35. The number of carbonyl (C=O) groups excluding carboxylic acids is 1. The minimum absolute atomic E-state index is 0.0240. The van der Waals surface area contributed by atoms with E-state index in [9.17, 15) is 9.90 Å². The highest BCUT2D eigenvalue weighted by atomic mass is 16.3. The fourth-order valence-electron chi connectivity index (χ4n) is 1.01. The van der Waals surface area contributed by atoms with E-state index in [1.54, 1.807) is 18.2 Å². The third-order valence-corrected chi connectivity index (χ3v) is 1.65. The van der Waals surface area contributed by atoms with E-state index in [1.807, 2.05) is 0 Å². The van der Waals surface area contributed by atoms with E-state index in [-0.39, 0.29) is 5.75 Å². The molecule has 0 heterocycles. The van der Waals surface area contributed by atoms with Gasteiger partial charge in [-0.2, -0.15) is 0 Å². The number of rotatable bonds is 3. The smallest absolute Gasteiger partial charge is 0.153 e.